The van der Waals surface area contributed by atoms with Gasteiger partial charge in [0.05, 0.1) is 0 Å². The summed E-state index contributed by atoms with van der Waals surface area (Å²) in [6.07, 6.45) is 7.87. The number of rotatable bonds is 4. The molecular weight excluding hydrogens is 220 g/mol. The van der Waals surface area contributed by atoms with Gasteiger partial charge in [0.2, 0.25) is 0 Å². The number of hydrazine groups is 1. The van der Waals surface area contributed by atoms with Gasteiger partial charge in [0.1, 0.15) is 0 Å². The number of benzene rings is 1. The van der Waals surface area contributed by atoms with Gasteiger partial charge in [-0.3, -0.25) is 11.3 Å². The van der Waals surface area contributed by atoms with Crippen molar-refractivity contribution in [3.05, 3.63) is 34.9 Å². The molecule has 1 aliphatic carbocycles. The Balaban J connectivity index is 2.04. The summed E-state index contributed by atoms with van der Waals surface area (Å²) in [5.41, 5.74) is 7.18. The molecule has 1 aromatic carbocycles. The van der Waals surface area contributed by atoms with Gasteiger partial charge in [0, 0.05) is 6.04 Å². The molecule has 0 amide bonds. The normalized spacial score (nSPS) is 18.8. The molecule has 0 aromatic heterocycles. The van der Waals surface area contributed by atoms with E-state index in [2.05, 4.69) is 37.5 Å². The molecule has 0 spiro atoms. The third kappa shape index (κ3) is 3.56. The number of nitrogens with one attached hydrogen (secondary N) is 1. The summed E-state index contributed by atoms with van der Waals surface area (Å²) in [4.78, 5) is 0. The van der Waals surface area contributed by atoms with Crippen molar-refractivity contribution < 1.29 is 0 Å². The lowest BCUT2D eigenvalue weighted by atomic mass is 9.81. The SMILES string of the molecule is Cc1cc(C)cc(CC(NN)C2CCCCC2)c1. The fourth-order valence-electron chi connectivity index (χ4n) is 3.34. The molecule has 18 heavy (non-hydrogen) atoms. The van der Waals surface area contributed by atoms with Crippen LogP contribution in [-0.4, -0.2) is 6.04 Å². The highest BCUT2D eigenvalue weighted by Crippen LogP contribution is 2.28. The van der Waals surface area contributed by atoms with Gasteiger partial charge >= 0.3 is 0 Å². The maximum Gasteiger partial charge on any atom is 0.0279 e. The Hall–Kier alpha value is -0.860. The average Bonchev–Trinajstić information content (AvgIpc) is 2.36. The van der Waals surface area contributed by atoms with E-state index < -0.39 is 0 Å². The van der Waals surface area contributed by atoms with Crippen LogP contribution in [0.1, 0.15) is 48.8 Å². The molecule has 1 aromatic rings. The highest BCUT2D eigenvalue weighted by Gasteiger charge is 2.22. The lowest BCUT2D eigenvalue weighted by Crippen LogP contribution is -2.43. The minimum Gasteiger partial charge on any atom is -0.271 e. The van der Waals surface area contributed by atoms with Gasteiger partial charge in [0.15, 0.2) is 0 Å². The molecule has 0 aliphatic heterocycles. The molecule has 2 heteroatoms. The van der Waals surface area contributed by atoms with Gasteiger partial charge in [-0.15, -0.1) is 0 Å². The summed E-state index contributed by atoms with van der Waals surface area (Å²) >= 11 is 0. The predicted octanol–water partition coefficient (Wildman–Crippen LogP) is 3.26. The topological polar surface area (TPSA) is 38.0 Å². The summed E-state index contributed by atoms with van der Waals surface area (Å²) < 4.78 is 0. The van der Waals surface area contributed by atoms with E-state index in [-0.39, 0.29) is 0 Å². The highest BCUT2D eigenvalue weighted by atomic mass is 15.2. The Morgan fingerprint density at radius 2 is 1.72 bits per heavy atom. The molecule has 0 heterocycles. The molecule has 1 saturated carbocycles. The first kappa shape index (κ1) is 13.6. The molecule has 0 bridgehead atoms. The van der Waals surface area contributed by atoms with Gasteiger partial charge in [-0.1, -0.05) is 48.6 Å². The summed E-state index contributed by atoms with van der Waals surface area (Å²) in [7, 11) is 0. The van der Waals surface area contributed by atoms with Gasteiger partial charge in [-0.2, -0.15) is 0 Å². The molecule has 1 aliphatic rings. The van der Waals surface area contributed by atoms with E-state index in [1.807, 2.05) is 0 Å². The molecule has 2 rings (SSSR count). The molecule has 3 N–H and O–H groups in total. The molecule has 0 saturated heterocycles. The smallest absolute Gasteiger partial charge is 0.0279 e. The molecule has 100 valence electrons. The van der Waals surface area contributed by atoms with Crippen molar-refractivity contribution in [3.8, 4) is 0 Å². The standard InChI is InChI=1S/C16H26N2/c1-12-8-13(2)10-14(9-12)11-16(18-17)15-6-4-3-5-7-15/h8-10,15-16,18H,3-7,11,17H2,1-2H3. The maximum atomic E-state index is 5.78. The summed E-state index contributed by atoms with van der Waals surface area (Å²) in [6.45, 7) is 4.34. The van der Waals surface area contributed by atoms with Crippen LogP contribution in [0.2, 0.25) is 0 Å². The first-order valence-electron chi connectivity index (χ1n) is 7.22. The second kappa shape index (κ2) is 6.35. The molecule has 1 fully saturated rings. The number of hydrogen-bond acceptors (Lipinski definition) is 2. The fraction of sp³-hybridized carbons (Fsp3) is 0.625. The highest BCUT2D eigenvalue weighted by molar-refractivity contribution is 5.29. The minimum absolute atomic E-state index is 0.437. The van der Waals surface area contributed by atoms with E-state index >= 15 is 0 Å². The molecule has 2 nitrogen and oxygen atoms in total. The maximum absolute atomic E-state index is 5.78. The van der Waals surface area contributed by atoms with Crippen molar-refractivity contribution in [2.24, 2.45) is 11.8 Å². The monoisotopic (exact) mass is 246 g/mol. The molecule has 1 atom stereocenters. The van der Waals surface area contributed by atoms with Crippen LogP contribution in [0, 0.1) is 19.8 Å². The predicted molar refractivity (Wildman–Crippen MR) is 77.3 cm³/mol. The summed E-state index contributed by atoms with van der Waals surface area (Å²) in [6, 6.07) is 7.25. The zero-order chi connectivity index (χ0) is 13.0. The lowest BCUT2D eigenvalue weighted by molar-refractivity contribution is 0.268. The number of aryl methyl sites for hydroxylation is 2. The zero-order valence-corrected chi connectivity index (χ0v) is 11.7. The van der Waals surface area contributed by atoms with E-state index in [9.17, 15) is 0 Å². The van der Waals surface area contributed by atoms with Crippen molar-refractivity contribution >= 4 is 0 Å². The third-order valence-corrected chi connectivity index (χ3v) is 4.17. The van der Waals surface area contributed by atoms with Gasteiger partial charge in [0.25, 0.3) is 0 Å². The van der Waals surface area contributed by atoms with Gasteiger partial charge in [-0.25, -0.2) is 0 Å². The lowest BCUT2D eigenvalue weighted by Gasteiger charge is -2.30. The Morgan fingerprint density at radius 1 is 1.11 bits per heavy atom. The van der Waals surface area contributed by atoms with E-state index in [4.69, 9.17) is 5.84 Å². The van der Waals surface area contributed by atoms with Crippen molar-refractivity contribution in [2.45, 2.75) is 58.4 Å². The number of hydrogen-bond donors (Lipinski definition) is 2. The molecular formula is C16H26N2. The minimum atomic E-state index is 0.437. The third-order valence-electron chi connectivity index (χ3n) is 4.17. The van der Waals surface area contributed by atoms with Crippen molar-refractivity contribution in [2.75, 3.05) is 0 Å². The van der Waals surface area contributed by atoms with E-state index in [1.54, 1.807) is 0 Å². The second-order valence-corrected chi connectivity index (χ2v) is 5.87. The summed E-state index contributed by atoms with van der Waals surface area (Å²) in [5.74, 6) is 6.53. The first-order chi connectivity index (χ1) is 8.69. The second-order valence-electron chi connectivity index (χ2n) is 5.87. The van der Waals surface area contributed by atoms with Crippen LogP contribution >= 0.6 is 0 Å². The first-order valence-corrected chi connectivity index (χ1v) is 7.22. The Bertz CT molecular complexity index is 360. The largest absolute Gasteiger partial charge is 0.271 e. The Kier molecular flexibility index (Phi) is 4.79. The fourth-order valence-corrected chi connectivity index (χ4v) is 3.34. The van der Waals surface area contributed by atoms with Crippen LogP contribution in [0.15, 0.2) is 18.2 Å². The quantitative estimate of drug-likeness (QED) is 0.632. The Morgan fingerprint density at radius 3 is 2.28 bits per heavy atom. The molecule has 0 radical (unpaired) electrons. The zero-order valence-electron chi connectivity index (χ0n) is 11.7. The van der Waals surface area contributed by atoms with Crippen LogP contribution in [0.3, 0.4) is 0 Å². The van der Waals surface area contributed by atoms with Crippen molar-refractivity contribution in [3.63, 3.8) is 0 Å². The van der Waals surface area contributed by atoms with E-state index in [0.29, 0.717) is 6.04 Å². The summed E-state index contributed by atoms with van der Waals surface area (Å²) in [5, 5.41) is 0. The van der Waals surface area contributed by atoms with Crippen molar-refractivity contribution in [1.29, 1.82) is 0 Å². The number of nitrogens with two attached hydrogens (primary N) is 1. The molecule has 1 unspecified atom stereocenters. The van der Waals surface area contributed by atoms with Gasteiger partial charge < -0.3 is 0 Å². The van der Waals surface area contributed by atoms with E-state index in [1.165, 1.54) is 48.8 Å². The van der Waals surface area contributed by atoms with Crippen LogP contribution in [0.4, 0.5) is 0 Å². The van der Waals surface area contributed by atoms with Crippen LogP contribution in [0.5, 0.6) is 0 Å². The van der Waals surface area contributed by atoms with E-state index in [0.717, 1.165) is 12.3 Å². The van der Waals surface area contributed by atoms with Gasteiger partial charge in [-0.05, 0) is 44.6 Å². The van der Waals surface area contributed by atoms with Crippen LogP contribution < -0.4 is 11.3 Å². The van der Waals surface area contributed by atoms with Crippen molar-refractivity contribution in [1.82, 2.24) is 5.43 Å². The van der Waals surface area contributed by atoms with Crippen LogP contribution in [0.25, 0.3) is 0 Å². The van der Waals surface area contributed by atoms with Crippen LogP contribution in [-0.2, 0) is 6.42 Å². The Labute approximate surface area is 111 Å². The average molecular weight is 246 g/mol.